The minimum Gasteiger partial charge on any atom is -0.748 e. The van der Waals surface area contributed by atoms with Gasteiger partial charge in [-0.2, -0.15) is 0 Å². The number of hydrogen-bond acceptors (Lipinski definition) is 4. The summed E-state index contributed by atoms with van der Waals surface area (Å²) in [6.07, 6.45) is 8.50. The zero-order valence-corrected chi connectivity index (χ0v) is 18.0. The maximum Gasteiger partial charge on any atom is 1.00 e. The molecule has 0 heterocycles. The van der Waals surface area contributed by atoms with E-state index in [4.69, 9.17) is 0 Å². The molecular formula is C15H31KO4S. The predicted octanol–water partition coefficient (Wildman–Crippen LogP) is 0.596. The quantitative estimate of drug-likeness (QED) is 0.301. The molecule has 0 saturated heterocycles. The van der Waals surface area contributed by atoms with E-state index in [-0.39, 0.29) is 51.4 Å². The third kappa shape index (κ3) is 14.8. The summed E-state index contributed by atoms with van der Waals surface area (Å²) < 4.78 is 33.7. The third-order valence-electron chi connectivity index (χ3n) is 3.75. The SMILES string of the molecule is CCCCCCCC(CCC(O)CCCC)S(=O)(=O)[O-].[K+]. The summed E-state index contributed by atoms with van der Waals surface area (Å²) in [5.74, 6) is 0. The van der Waals surface area contributed by atoms with Gasteiger partial charge in [0.15, 0.2) is 0 Å². The number of aliphatic hydroxyl groups excluding tert-OH is 1. The van der Waals surface area contributed by atoms with Gasteiger partial charge in [-0.25, -0.2) is 8.42 Å². The smallest absolute Gasteiger partial charge is 0.748 e. The fraction of sp³-hybridized carbons (Fsp3) is 1.00. The molecule has 0 rings (SSSR count). The Balaban J connectivity index is 0. The van der Waals surface area contributed by atoms with Gasteiger partial charge in [0, 0.05) is 5.25 Å². The molecule has 0 radical (unpaired) electrons. The molecule has 0 aliphatic rings. The van der Waals surface area contributed by atoms with E-state index in [0.717, 1.165) is 44.9 Å². The van der Waals surface area contributed by atoms with Gasteiger partial charge in [-0.15, -0.1) is 0 Å². The first kappa shape index (κ1) is 24.8. The molecule has 122 valence electrons. The monoisotopic (exact) mass is 346 g/mol. The van der Waals surface area contributed by atoms with E-state index < -0.39 is 21.5 Å². The molecule has 0 fully saturated rings. The maximum absolute atomic E-state index is 11.2. The van der Waals surface area contributed by atoms with Gasteiger partial charge in [0.25, 0.3) is 0 Å². The summed E-state index contributed by atoms with van der Waals surface area (Å²) in [4.78, 5) is 0. The normalized spacial score (nSPS) is 14.5. The minimum atomic E-state index is -4.23. The maximum atomic E-state index is 11.2. The van der Waals surface area contributed by atoms with Crippen LogP contribution in [0.1, 0.15) is 84.5 Å². The summed E-state index contributed by atoms with van der Waals surface area (Å²) >= 11 is 0. The molecule has 0 aromatic heterocycles. The van der Waals surface area contributed by atoms with Crippen molar-refractivity contribution >= 4 is 10.1 Å². The van der Waals surface area contributed by atoms with E-state index in [9.17, 15) is 18.1 Å². The predicted molar refractivity (Wildman–Crippen MR) is 81.6 cm³/mol. The number of unbranched alkanes of at least 4 members (excludes halogenated alkanes) is 5. The standard InChI is InChI=1S/C15H32O4S.K/c1-3-5-7-8-9-11-15(20(17,18)19)13-12-14(16)10-6-4-2;/h14-16H,3-13H2,1-2H3,(H,17,18,19);/q;+1/p-1. The van der Waals surface area contributed by atoms with Gasteiger partial charge in [-0.05, 0) is 25.7 Å². The molecule has 21 heavy (non-hydrogen) atoms. The summed E-state index contributed by atoms with van der Waals surface area (Å²) in [5.41, 5.74) is 0. The van der Waals surface area contributed by atoms with Crippen molar-refractivity contribution in [1.82, 2.24) is 0 Å². The Morgan fingerprint density at radius 1 is 0.857 bits per heavy atom. The van der Waals surface area contributed by atoms with E-state index in [2.05, 4.69) is 6.92 Å². The second-order valence-electron chi connectivity index (χ2n) is 5.69. The molecule has 0 spiro atoms. The van der Waals surface area contributed by atoms with Gasteiger partial charge in [0.05, 0.1) is 16.2 Å². The van der Waals surface area contributed by atoms with Gasteiger partial charge < -0.3 is 9.66 Å². The Morgan fingerprint density at radius 2 is 1.43 bits per heavy atom. The van der Waals surface area contributed by atoms with E-state index >= 15 is 0 Å². The molecule has 0 aromatic carbocycles. The van der Waals surface area contributed by atoms with Crippen molar-refractivity contribution in [3.05, 3.63) is 0 Å². The summed E-state index contributed by atoms with van der Waals surface area (Å²) in [7, 11) is -4.23. The van der Waals surface area contributed by atoms with E-state index in [1.807, 2.05) is 6.92 Å². The topological polar surface area (TPSA) is 77.4 Å². The first-order chi connectivity index (χ1) is 9.41. The van der Waals surface area contributed by atoms with Crippen molar-refractivity contribution in [2.45, 2.75) is 95.8 Å². The molecule has 0 amide bonds. The van der Waals surface area contributed by atoms with Gasteiger partial charge >= 0.3 is 51.4 Å². The van der Waals surface area contributed by atoms with Crippen LogP contribution in [0.3, 0.4) is 0 Å². The van der Waals surface area contributed by atoms with Crippen LogP contribution in [-0.2, 0) is 10.1 Å². The number of rotatable bonds is 13. The van der Waals surface area contributed by atoms with Crippen molar-refractivity contribution in [3.8, 4) is 0 Å². The van der Waals surface area contributed by atoms with Crippen LogP contribution in [0.2, 0.25) is 0 Å². The average Bonchev–Trinajstić information content (AvgIpc) is 2.38. The summed E-state index contributed by atoms with van der Waals surface area (Å²) in [5, 5.41) is 8.92. The summed E-state index contributed by atoms with van der Waals surface area (Å²) in [6, 6.07) is 0. The van der Waals surface area contributed by atoms with Crippen LogP contribution in [0.25, 0.3) is 0 Å². The van der Waals surface area contributed by atoms with Crippen LogP contribution in [0, 0.1) is 0 Å². The molecule has 0 aromatic rings. The van der Waals surface area contributed by atoms with Crippen molar-refractivity contribution in [2.24, 2.45) is 0 Å². The Kier molecular flexibility index (Phi) is 17.8. The van der Waals surface area contributed by atoms with Crippen LogP contribution >= 0.6 is 0 Å². The van der Waals surface area contributed by atoms with Crippen molar-refractivity contribution in [3.63, 3.8) is 0 Å². The Hall–Kier alpha value is 1.51. The minimum absolute atomic E-state index is 0. The van der Waals surface area contributed by atoms with Crippen molar-refractivity contribution in [1.29, 1.82) is 0 Å². The molecular weight excluding hydrogens is 315 g/mol. The molecule has 4 nitrogen and oxygen atoms in total. The van der Waals surface area contributed by atoms with Crippen LogP contribution in [0.5, 0.6) is 0 Å². The Bertz CT molecular complexity index is 320. The summed E-state index contributed by atoms with van der Waals surface area (Å²) in [6.45, 7) is 4.18. The fourth-order valence-corrected chi connectivity index (χ4v) is 3.25. The first-order valence-corrected chi connectivity index (χ1v) is 9.51. The van der Waals surface area contributed by atoms with Crippen molar-refractivity contribution < 1.29 is 69.5 Å². The molecule has 2 unspecified atom stereocenters. The first-order valence-electron chi connectivity index (χ1n) is 8.04. The van der Waals surface area contributed by atoms with Gasteiger partial charge in [0.2, 0.25) is 0 Å². The average molecular weight is 347 g/mol. The fourth-order valence-electron chi connectivity index (χ4n) is 2.37. The van der Waals surface area contributed by atoms with Crippen molar-refractivity contribution in [2.75, 3.05) is 0 Å². The van der Waals surface area contributed by atoms with Crippen LogP contribution in [0.4, 0.5) is 0 Å². The zero-order chi connectivity index (χ0) is 15.4. The van der Waals surface area contributed by atoms with Crippen LogP contribution in [-0.4, -0.2) is 29.4 Å². The van der Waals surface area contributed by atoms with E-state index in [1.54, 1.807) is 0 Å². The molecule has 2 atom stereocenters. The van der Waals surface area contributed by atoms with E-state index in [1.165, 1.54) is 0 Å². The van der Waals surface area contributed by atoms with E-state index in [0.29, 0.717) is 25.7 Å². The molecule has 0 saturated carbocycles. The Morgan fingerprint density at radius 3 is 1.95 bits per heavy atom. The van der Waals surface area contributed by atoms with Gasteiger partial charge in [-0.1, -0.05) is 58.8 Å². The van der Waals surface area contributed by atoms with Gasteiger partial charge in [0.1, 0.15) is 0 Å². The van der Waals surface area contributed by atoms with Crippen LogP contribution in [0.15, 0.2) is 0 Å². The molecule has 6 heteroatoms. The molecule has 1 N–H and O–H groups in total. The number of aliphatic hydroxyl groups is 1. The second-order valence-corrected chi connectivity index (χ2v) is 7.34. The molecule has 0 aliphatic carbocycles. The Labute approximate surface area is 173 Å². The zero-order valence-electron chi connectivity index (χ0n) is 14.0. The van der Waals surface area contributed by atoms with Crippen LogP contribution < -0.4 is 51.4 Å². The van der Waals surface area contributed by atoms with Gasteiger partial charge in [-0.3, -0.25) is 0 Å². The second kappa shape index (κ2) is 15.1. The third-order valence-corrected chi connectivity index (χ3v) is 5.04. The molecule has 0 aliphatic heterocycles. The molecule has 0 bridgehead atoms. The largest absolute Gasteiger partial charge is 1.00 e. The number of hydrogen-bond donors (Lipinski definition) is 1.